The number of methoxy groups -OCH3 is 1. The minimum Gasteiger partial charge on any atom is -0.497 e. The lowest BCUT2D eigenvalue weighted by molar-refractivity contribution is -0.384. The van der Waals surface area contributed by atoms with Gasteiger partial charge in [0.15, 0.2) is 0 Å². The number of ether oxygens (including phenoxy) is 1. The molecule has 0 heterocycles. The van der Waals surface area contributed by atoms with Gasteiger partial charge in [0.25, 0.3) is 11.6 Å². The number of anilines is 1. The largest absolute Gasteiger partial charge is 0.497 e. The van der Waals surface area contributed by atoms with Gasteiger partial charge in [-0.05, 0) is 46.7 Å². The van der Waals surface area contributed by atoms with E-state index in [0.717, 1.165) is 22.1 Å². The van der Waals surface area contributed by atoms with Crippen LogP contribution in [-0.2, 0) is 6.54 Å². The zero-order valence-electron chi connectivity index (χ0n) is 15.0. The van der Waals surface area contributed by atoms with Crippen molar-refractivity contribution in [1.29, 1.82) is 0 Å². The van der Waals surface area contributed by atoms with E-state index in [-0.39, 0.29) is 17.2 Å². The summed E-state index contributed by atoms with van der Waals surface area (Å²) in [5.74, 6) is 0.422. The normalized spacial score (nSPS) is 10.4. The van der Waals surface area contributed by atoms with Gasteiger partial charge in [0, 0.05) is 25.2 Å². The molecule has 3 aromatic rings. The summed E-state index contributed by atoms with van der Waals surface area (Å²) < 4.78 is 5.21. The molecule has 0 radical (unpaired) electrons. The highest BCUT2D eigenvalue weighted by molar-refractivity contribution is 5.95. The highest BCUT2D eigenvalue weighted by atomic mass is 16.6. The quantitative estimate of drug-likeness (QED) is 0.513. The van der Waals surface area contributed by atoms with Gasteiger partial charge in [0.2, 0.25) is 0 Å². The summed E-state index contributed by atoms with van der Waals surface area (Å²) >= 11 is 0. The van der Waals surface area contributed by atoms with Crippen LogP contribution in [0.2, 0.25) is 0 Å². The van der Waals surface area contributed by atoms with E-state index >= 15 is 0 Å². The number of nitro benzene ring substituents is 1. The van der Waals surface area contributed by atoms with E-state index in [9.17, 15) is 14.9 Å². The summed E-state index contributed by atoms with van der Waals surface area (Å²) in [7, 11) is 3.22. The van der Waals surface area contributed by atoms with Crippen LogP contribution in [0.15, 0.2) is 54.6 Å². The van der Waals surface area contributed by atoms with Crippen LogP contribution >= 0.6 is 0 Å². The van der Waals surface area contributed by atoms with Crippen molar-refractivity contribution in [3.05, 3.63) is 75.8 Å². The van der Waals surface area contributed by atoms with Crippen LogP contribution in [0.25, 0.3) is 10.8 Å². The number of amides is 1. The zero-order valence-corrected chi connectivity index (χ0v) is 15.0. The summed E-state index contributed by atoms with van der Waals surface area (Å²) in [5, 5.41) is 18.8. The van der Waals surface area contributed by atoms with Gasteiger partial charge in [-0.15, -0.1) is 0 Å². The third-order valence-corrected chi connectivity index (χ3v) is 4.29. The third-order valence-electron chi connectivity index (χ3n) is 4.29. The predicted octanol–water partition coefficient (Wildman–Crippen LogP) is 3.73. The molecule has 0 aliphatic rings. The molecule has 0 atom stereocenters. The topological polar surface area (TPSA) is 93.5 Å². The fourth-order valence-corrected chi connectivity index (χ4v) is 2.83. The molecule has 0 aliphatic carbocycles. The van der Waals surface area contributed by atoms with Gasteiger partial charge >= 0.3 is 0 Å². The highest BCUT2D eigenvalue weighted by Gasteiger charge is 2.16. The van der Waals surface area contributed by atoms with Gasteiger partial charge in [-0.25, -0.2) is 0 Å². The highest BCUT2D eigenvalue weighted by Crippen LogP contribution is 2.25. The Hall–Kier alpha value is -3.61. The number of carbonyl (C=O) groups excluding carboxylic acids is 1. The van der Waals surface area contributed by atoms with Gasteiger partial charge < -0.3 is 15.4 Å². The summed E-state index contributed by atoms with van der Waals surface area (Å²) in [5.41, 5.74) is 1.40. The van der Waals surface area contributed by atoms with Crippen molar-refractivity contribution in [2.24, 2.45) is 0 Å². The summed E-state index contributed by atoms with van der Waals surface area (Å²) in [6, 6.07) is 16.0. The smallest absolute Gasteiger partial charge is 0.293 e. The second kappa shape index (κ2) is 7.74. The molecule has 2 N–H and O–H groups in total. The van der Waals surface area contributed by atoms with Gasteiger partial charge in [0.05, 0.1) is 12.0 Å². The predicted molar refractivity (Wildman–Crippen MR) is 104 cm³/mol. The van der Waals surface area contributed by atoms with Crippen LogP contribution in [-0.4, -0.2) is 25.0 Å². The molecule has 27 heavy (non-hydrogen) atoms. The lowest BCUT2D eigenvalue weighted by Gasteiger charge is -2.09. The Morgan fingerprint density at radius 2 is 1.81 bits per heavy atom. The molecule has 0 aromatic heterocycles. The number of benzene rings is 3. The minimum absolute atomic E-state index is 0.134. The van der Waals surface area contributed by atoms with Crippen molar-refractivity contribution in [3.63, 3.8) is 0 Å². The number of nitrogens with one attached hydrogen (secondary N) is 2. The Morgan fingerprint density at radius 3 is 2.52 bits per heavy atom. The lowest BCUT2D eigenvalue weighted by Crippen LogP contribution is -2.22. The van der Waals surface area contributed by atoms with Crippen LogP contribution in [0.1, 0.15) is 15.9 Å². The Morgan fingerprint density at radius 1 is 1.07 bits per heavy atom. The molecule has 7 nitrogen and oxygen atoms in total. The fourth-order valence-electron chi connectivity index (χ4n) is 2.83. The first-order chi connectivity index (χ1) is 13.0. The maximum atomic E-state index is 12.4. The van der Waals surface area contributed by atoms with Crippen molar-refractivity contribution < 1.29 is 14.5 Å². The molecule has 3 rings (SSSR count). The summed E-state index contributed by atoms with van der Waals surface area (Å²) in [6.45, 7) is 0.322. The van der Waals surface area contributed by atoms with E-state index in [0.29, 0.717) is 12.2 Å². The Labute approximate surface area is 156 Å². The average molecular weight is 365 g/mol. The number of rotatable bonds is 6. The maximum Gasteiger partial charge on any atom is 0.293 e. The molecule has 0 spiro atoms. The molecule has 0 bridgehead atoms. The number of fused-ring (bicyclic) bond motifs is 1. The molecule has 7 heteroatoms. The molecular formula is C20H19N3O4. The number of carbonyl (C=O) groups is 1. The minimum atomic E-state index is -0.514. The fraction of sp³-hybridized carbons (Fsp3) is 0.150. The standard InChI is InChI=1S/C20H19N3O4/c1-21-18-8-6-16(11-19(18)23(25)26)20(24)22-12-13-3-4-15-10-17(27-2)7-5-14(15)9-13/h3-11,21H,12H2,1-2H3,(H,22,24). The van der Waals surface area contributed by atoms with Crippen molar-refractivity contribution in [2.45, 2.75) is 6.54 Å². The first-order valence-corrected chi connectivity index (χ1v) is 8.33. The molecule has 138 valence electrons. The van der Waals surface area contributed by atoms with E-state index in [1.165, 1.54) is 12.1 Å². The van der Waals surface area contributed by atoms with E-state index in [4.69, 9.17) is 4.74 Å². The van der Waals surface area contributed by atoms with Crippen LogP contribution in [0, 0.1) is 10.1 Å². The van der Waals surface area contributed by atoms with Gasteiger partial charge in [-0.3, -0.25) is 14.9 Å². The molecular weight excluding hydrogens is 346 g/mol. The van der Waals surface area contributed by atoms with E-state index < -0.39 is 4.92 Å². The second-order valence-corrected chi connectivity index (χ2v) is 5.97. The van der Waals surface area contributed by atoms with Crippen molar-refractivity contribution >= 4 is 28.1 Å². The van der Waals surface area contributed by atoms with E-state index in [1.54, 1.807) is 20.2 Å². The first kappa shape index (κ1) is 18.2. The molecule has 0 aliphatic heterocycles. The first-order valence-electron chi connectivity index (χ1n) is 8.33. The number of hydrogen-bond donors (Lipinski definition) is 2. The molecule has 1 amide bonds. The van der Waals surface area contributed by atoms with Crippen LogP contribution < -0.4 is 15.4 Å². The number of hydrogen-bond acceptors (Lipinski definition) is 5. The number of nitrogens with zero attached hydrogens (tertiary/aromatic N) is 1. The Balaban J connectivity index is 1.74. The molecule has 3 aromatic carbocycles. The molecule has 0 unspecified atom stereocenters. The molecule has 0 saturated carbocycles. The van der Waals surface area contributed by atoms with Gasteiger partial charge in [0.1, 0.15) is 11.4 Å². The number of nitro groups is 1. The van der Waals surface area contributed by atoms with Gasteiger partial charge in [-0.2, -0.15) is 0 Å². The van der Waals surface area contributed by atoms with Crippen LogP contribution in [0.4, 0.5) is 11.4 Å². The molecule has 0 fully saturated rings. The monoisotopic (exact) mass is 365 g/mol. The van der Waals surface area contributed by atoms with Crippen LogP contribution in [0.3, 0.4) is 0 Å². The third kappa shape index (κ3) is 3.98. The van der Waals surface area contributed by atoms with E-state index in [2.05, 4.69) is 10.6 Å². The van der Waals surface area contributed by atoms with Crippen molar-refractivity contribution in [2.75, 3.05) is 19.5 Å². The Kier molecular flexibility index (Phi) is 5.21. The van der Waals surface area contributed by atoms with Crippen molar-refractivity contribution in [3.8, 4) is 5.75 Å². The van der Waals surface area contributed by atoms with Gasteiger partial charge in [-0.1, -0.05) is 18.2 Å². The SMILES string of the molecule is CNc1ccc(C(=O)NCc2ccc3cc(OC)ccc3c2)cc1[N+](=O)[O-]. The Bertz CT molecular complexity index is 1020. The zero-order chi connectivity index (χ0) is 19.4. The average Bonchev–Trinajstić information content (AvgIpc) is 2.70. The maximum absolute atomic E-state index is 12.4. The lowest BCUT2D eigenvalue weighted by atomic mass is 10.1. The second-order valence-electron chi connectivity index (χ2n) is 5.97. The summed E-state index contributed by atoms with van der Waals surface area (Å²) in [4.78, 5) is 23.0. The summed E-state index contributed by atoms with van der Waals surface area (Å²) in [6.07, 6.45) is 0. The molecule has 0 saturated heterocycles. The van der Waals surface area contributed by atoms with Crippen molar-refractivity contribution in [1.82, 2.24) is 5.32 Å². The van der Waals surface area contributed by atoms with Crippen LogP contribution in [0.5, 0.6) is 5.75 Å². The van der Waals surface area contributed by atoms with E-state index in [1.807, 2.05) is 36.4 Å².